The molecule has 2 N–H and O–H groups in total. The number of ether oxygens (including phenoxy) is 1. The summed E-state index contributed by atoms with van der Waals surface area (Å²) in [6.45, 7) is 6.05. The van der Waals surface area contributed by atoms with Crippen molar-refractivity contribution in [3.63, 3.8) is 0 Å². The predicted molar refractivity (Wildman–Crippen MR) is 107 cm³/mol. The zero-order valence-corrected chi connectivity index (χ0v) is 16.3. The fourth-order valence-corrected chi connectivity index (χ4v) is 4.22. The minimum atomic E-state index is -3.79. The molecule has 7 heteroatoms. The molecule has 3 aromatic rings. The molecule has 6 nitrogen and oxygen atoms in total. The van der Waals surface area contributed by atoms with Gasteiger partial charge in [-0.3, -0.25) is 9.52 Å². The maximum absolute atomic E-state index is 12.8. The second-order valence-electron chi connectivity index (χ2n) is 6.24. The third-order valence-electron chi connectivity index (χ3n) is 4.27. The Balaban J connectivity index is 1.96. The van der Waals surface area contributed by atoms with Crippen LogP contribution in [0.25, 0.3) is 10.9 Å². The van der Waals surface area contributed by atoms with Gasteiger partial charge in [-0.2, -0.15) is 0 Å². The molecule has 0 atom stereocenters. The van der Waals surface area contributed by atoms with E-state index in [1.807, 2.05) is 13.8 Å². The van der Waals surface area contributed by atoms with Crippen molar-refractivity contribution in [3.05, 3.63) is 63.9 Å². The van der Waals surface area contributed by atoms with E-state index in [9.17, 15) is 13.2 Å². The summed E-state index contributed by atoms with van der Waals surface area (Å²) in [5.41, 5.74) is 2.30. The molecule has 0 aliphatic carbocycles. The summed E-state index contributed by atoms with van der Waals surface area (Å²) < 4.78 is 33.5. The lowest BCUT2D eigenvalue weighted by atomic mass is 10.1. The molecule has 1 aromatic heterocycles. The highest BCUT2D eigenvalue weighted by atomic mass is 32.2. The van der Waals surface area contributed by atoms with E-state index in [0.717, 1.165) is 12.1 Å². The van der Waals surface area contributed by atoms with Gasteiger partial charge in [0.2, 0.25) is 0 Å². The van der Waals surface area contributed by atoms with Crippen molar-refractivity contribution in [2.45, 2.75) is 32.1 Å². The molecule has 0 amide bonds. The summed E-state index contributed by atoms with van der Waals surface area (Å²) >= 11 is 0. The van der Waals surface area contributed by atoms with E-state index in [1.165, 1.54) is 12.1 Å². The van der Waals surface area contributed by atoms with Gasteiger partial charge in [-0.15, -0.1) is 0 Å². The second kappa shape index (κ2) is 7.44. The van der Waals surface area contributed by atoms with Gasteiger partial charge in [0.15, 0.2) is 5.43 Å². The van der Waals surface area contributed by atoms with E-state index in [4.69, 9.17) is 4.74 Å². The zero-order chi connectivity index (χ0) is 19.6. The van der Waals surface area contributed by atoms with Gasteiger partial charge in [-0.05, 0) is 62.2 Å². The molecule has 0 unspecified atom stereocenters. The van der Waals surface area contributed by atoms with Crippen molar-refractivity contribution < 1.29 is 13.2 Å². The summed E-state index contributed by atoms with van der Waals surface area (Å²) in [7, 11) is -3.79. The van der Waals surface area contributed by atoms with Crippen LogP contribution in [0.4, 0.5) is 5.69 Å². The average Bonchev–Trinajstić information content (AvgIpc) is 2.62. The lowest BCUT2D eigenvalue weighted by molar-refractivity contribution is 0.340. The van der Waals surface area contributed by atoms with E-state index in [2.05, 4.69) is 9.71 Å². The number of nitrogens with one attached hydrogen (secondary N) is 2. The molecule has 142 valence electrons. The van der Waals surface area contributed by atoms with Gasteiger partial charge in [-0.1, -0.05) is 6.92 Å². The number of sulfonamides is 1. The largest absolute Gasteiger partial charge is 0.494 e. The number of pyridine rings is 1. The number of aromatic nitrogens is 1. The van der Waals surface area contributed by atoms with Crippen LogP contribution >= 0.6 is 0 Å². The highest BCUT2D eigenvalue weighted by molar-refractivity contribution is 7.92. The molecule has 27 heavy (non-hydrogen) atoms. The number of benzene rings is 2. The van der Waals surface area contributed by atoms with Crippen LogP contribution in [0.2, 0.25) is 0 Å². The van der Waals surface area contributed by atoms with Crippen molar-refractivity contribution in [2.75, 3.05) is 11.3 Å². The molecule has 0 aliphatic heterocycles. The third kappa shape index (κ3) is 3.98. The Kier molecular flexibility index (Phi) is 5.23. The first-order valence-corrected chi connectivity index (χ1v) is 10.2. The monoisotopic (exact) mass is 386 g/mol. The molecule has 1 heterocycles. The van der Waals surface area contributed by atoms with E-state index < -0.39 is 10.0 Å². The van der Waals surface area contributed by atoms with Crippen LogP contribution in [0.3, 0.4) is 0 Å². The first-order chi connectivity index (χ1) is 12.8. The van der Waals surface area contributed by atoms with E-state index in [-0.39, 0.29) is 10.3 Å². The molecule has 0 spiro atoms. The van der Waals surface area contributed by atoms with Gasteiger partial charge in [0, 0.05) is 28.4 Å². The molecule has 2 aromatic carbocycles. The quantitative estimate of drug-likeness (QED) is 0.677. The highest BCUT2D eigenvalue weighted by Crippen LogP contribution is 2.24. The SMILES string of the molecule is CCOc1ccc(S(=O)(=O)Nc2ccc3[nH]c(CC)cc(=O)c3c2)c(C)c1. The Labute approximate surface area is 158 Å². The van der Waals surface area contributed by atoms with E-state index in [0.29, 0.717) is 34.5 Å². The number of anilines is 1. The van der Waals surface area contributed by atoms with Gasteiger partial charge >= 0.3 is 0 Å². The molecule has 0 bridgehead atoms. The number of aromatic amines is 1. The molecule has 0 saturated carbocycles. The van der Waals surface area contributed by atoms with Crippen LogP contribution in [0.15, 0.2) is 52.2 Å². The van der Waals surface area contributed by atoms with Crippen molar-refractivity contribution in [1.82, 2.24) is 4.98 Å². The second-order valence-corrected chi connectivity index (χ2v) is 7.89. The molecule has 0 aliphatic rings. The van der Waals surface area contributed by atoms with Crippen molar-refractivity contribution in [1.29, 1.82) is 0 Å². The van der Waals surface area contributed by atoms with Crippen molar-refractivity contribution in [2.24, 2.45) is 0 Å². The fourth-order valence-electron chi connectivity index (χ4n) is 2.95. The minimum Gasteiger partial charge on any atom is -0.494 e. The van der Waals surface area contributed by atoms with Crippen LogP contribution < -0.4 is 14.9 Å². The molecule has 0 radical (unpaired) electrons. The third-order valence-corrected chi connectivity index (χ3v) is 5.81. The van der Waals surface area contributed by atoms with Gasteiger partial charge < -0.3 is 9.72 Å². The minimum absolute atomic E-state index is 0.140. The van der Waals surface area contributed by atoms with Crippen LogP contribution in [-0.2, 0) is 16.4 Å². The van der Waals surface area contributed by atoms with Crippen molar-refractivity contribution in [3.8, 4) is 5.75 Å². The normalized spacial score (nSPS) is 11.5. The van der Waals surface area contributed by atoms with Gasteiger partial charge in [-0.25, -0.2) is 8.42 Å². The number of hydrogen-bond acceptors (Lipinski definition) is 4. The van der Waals surface area contributed by atoms with Crippen LogP contribution in [0.1, 0.15) is 25.1 Å². The van der Waals surface area contributed by atoms with Gasteiger partial charge in [0.1, 0.15) is 5.75 Å². The molecule has 0 fully saturated rings. The summed E-state index contributed by atoms with van der Waals surface area (Å²) in [5, 5.41) is 0.441. The van der Waals surface area contributed by atoms with E-state index in [1.54, 1.807) is 37.3 Å². The highest BCUT2D eigenvalue weighted by Gasteiger charge is 2.18. The zero-order valence-electron chi connectivity index (χ0n) is 15.5. The first-order valence-electron chi connectivity index (χ1n) is 8.76. The molecular weight excluding hydrogens is 364 g/mol. The smallest absolute Gasteiger partial charge is 0.262 e. The lowest BCUT2D eigenvalue weighted by Gasteiger charge is -2.12. The van der Waals surface area contributed by atoms with Crippen LogP contribution in [-0.4, -0.2) is 20.0 Å². The Morgan fingerprint density at radius 3 is 2.52 bits per heavy atom. The molecule has 0 saturated heterocycles. The Bertz CT molecular complexity index is 1150. The van der Waals surface area contributed by atoms with Crippen molar-refractivity contribution >= 4 is 26.6 Å². The fraction of sp³-hybridized carbons (Fsp3) is 0.250. The maximum Gasteiger partial charge on any atom is 0.262 e. The summed E-state index contributed by atoms with van der Waals surface area (Å²) in [5.74, 6) is 0.623. The number of rotatable bonds is 6. The number of hydrogen-bond donors (Lipinski definition) is 2. The number of H-pyrrole nitrogens is 1. The Hall–Kier alpha value is -2.80. The number of fused-ring (bicyclic) bond motifs is 1. The molecular formula is C20H22N2O4S. The Morgan fingerprint density at radius 1 is 1.07 bits per heavy atom. The standard InChI is InChI=1S/C20H22N2O4S/c1-4-14-12-19(23)17-11-15(6-8-18(17)21-14)22-27(24,25)20-9-7-16(26-5-2)10-13(20)3/h6-12,22H,4-5H2,1-3H3,(H,21,23). The van der Waals surface area contributed by atoms with Gasteiger partial charge in [0.05, 0.1) is 11.5 Å². The topological polar surface area (TPSA) is 88.3 Å². The predicted octanol–water partition coefficient (Wildman–Crippen LogP) is 3.60. The summed E-state index contributed by atoms with van der Waals surface area (Å²) in [6.07, 6.45) is 0.719. The lowest BCUT2D eigenvalue weighted by Crippen LogP contribution is -2.15. The average molecular weight is 386 g/mol. The maximum atomic E-state index is 12.8. The number of aryl methyl sites for hydroxylation is 2. The summed E-state index contributed by atoms with van der Waals surface area (Å²) in [6, 6.07) is 11.3. The van der Waals surface area contributed by atoms with E-state index >= 15 is 0 Å². The first kappa shape index (κ1) is 19.0. The molecule has 3 rings (SSSR count). The van der Waals surface area contributed by atoms with Gasteiger partial charge in [0.25, 0.3) is 10.0 Å². The van der Waals surface area contributed by atoms with Crippen LogP contribution in [0.5, 0.6) is 5.75 Å². The summed E-state index contributed by atoms with van der Waals surface area (Å²) in [4.78, 5) is 15.6. The van der Waals surface area contributed by atoms with Crippen LogP contribution in [0, 0.1) is 6.92 Å². The Morgan fingerprint density at radius 2 is 1.85 bits per heavy atom.